The summed E-state index contributed by atoms with van der Waals surface area (Å²) < 4.78 is 5.09. The molecule has 0 aliphatic carbocycles. The van der Waals surface area contributed by atoms with E-state index >= 15 is 0 Å². The predicted octanol–water partition coefficient (Wildman–Crippen LogP) is 4.18. The lowest BCUT2D eigenvalue weighted by Crippen LogP contribution is -2.28. The summed E-state index contributed by atoms with van der Waals surface area (Å²) in [4.78, 5) is 39.1. The molecule has 1 aliphatic heterocycles. The van der Waals surface area contributed by atoms with Crippen LogP contribution in [0.4, 0.5) is 17.1 Å². The Bertz CT molecular complexity index is 1080. The molecule has 3 amide bonds. The van der Waals surface area contributed by atoms with Crippen LogP contribution in [0.3, 0.4) is 0 Å². The van der Waals surface area contributed by atoms with Crippen molar-refractivity contribution in [1.82, 2.24) is 0 Å². The molecule has 30 heavy (non-hydrogen) atoms. The van der Waals surface area contributed by atoms with Gasteiger partial charge in [0.15, 0.2) is 5.76 Å². The largest absolute Gasteiger partial charge is 0.459 e. The molecule has 1 atom stereocenters. The van der Waals surface area contributed by atoms with Gasteiger partial charge in [-0.3, -0.25) is 14.4 Å². The number of carbonyl (C=O) groups excluding carboxylic acids is 3. The van der Waals surface area contributed by atoms with Gasteiger partial charge in [0.05, 0.1) is 23.6 Å². The first-order valence-corrected chi connectivity index (χ1v) is 9.70. The van der Waals surface area contributed by atoms with Gasteiger partial charge in [0.2, 0.25) is 11.8 Å². The van der Waals surface area contributed by atoms with Crippen LogP contribution in [0.15, 0.2) is 71.3 Å². The van der Waals surface area contributed by atoms with Crippen molar-refractivity contribution >= 4 is 46.4 Å². The van der Waals surface area contributed by atoms with E-state index in [9.17, 15) is 14.4 Å². The summed E-state index contributed by atoms with van der Waals surface area (Å²) in [5.74, 6) is -1.26. The van der Waals surface area contributed by atoms with Crippen LogP contribution in [0.5, 0.6) is 0 Å². The van der Waals surface area contributed by atoms with E-state index in [1.54, 1.807) is 23.1 Å². The van der Waals surface area contributed by atoms with Crippen LogP contribution in [-0.4, -0.2) is 24.3 Å². The molecule has 2 N–H and O–H groups in total. The van der Waals surface area contributed by atoms with E-state index in [0.29, 0.717) is 16.4 Å². The van der Waals surface area contributed by atoms with E-state index in [0.717, 1.165) is 5.69 Å². The highest BCUT2D eigenvalue weighted by Gasteiger charge is 2.35. The van der Waals surface area contributed by atoms with Crippen molar-refractivity contribution in [3.63, 3.8) is 0 Å². The average molecular weight is 424 g/mol. The summed E-state index contributed by atoms with van der Waals surface area (Å²) in [5, 5.41) is 5.88. The Morgan fingerprint density at radius 2 is 1.80 bits per heavy atom. The van der Waals surface area contributed by atoms with Gasteiger partial charge in [0.1, 0.15) is 0 Å². The minimum atomic E-state index is -0.512. The van der Waals surface area contributed by atoms with Crippen LogP contribution in [0.25, 0.3) is 0 Å². The standard InChI is InChI=1S/C22H18ClN3O4/c23-15-8-9-17(18(12-15)25-22(29)19-7-4-10-30-19)24-21(28)14-11-20(27)26(13-14)16-5-2-1-3-6-16/h1-10,12,14H,11,13H2,(H,24,28)(H,25,29). The van der Waals surface area contributed by atoms with Crippen molar-refractivity contribution in [2.24, 2.45) is 5.92 Å². The highest BCUT2D eigenvalue weighted by Crippen LogP contribution is 2.29. The topological polar surface area (TPSA) is 91.7 Å². The SMILES string of the molecule is O=C(Nc1cc(Cl)ccc1NC(=O)C1CC(=O)N(c2ccccc2)C1)c1ccco1. The minimum Gasteiger partial charge on any atom is -0.459 e. The summed E-state index contributed by atoms with van der Waals surface area (Å²) in [6.07, 6.45) is 1.51. The van der Waals surface area contributed by atoms with E-state index in [4.69, 9.17) is 16.0 Å². The molecule has 4 rings (SSSR count). The molecule has 1 saturated heterocycles. The fourth-order valence-corrected chi connectivity index (χ4v) is 3.47. The fraction of sp³-hybridized carbons (Fsp3) is 0.136. The van der Waals surface area contributed by atoms with Gasteiger partial charge in [-0.1, -0.05) is 29.8 Å². The van der Waals surface area contributed by atoms with Crippen molar-refractivity contribution < 1.29 is 18.8 Å². The van der Waals surface area contributed by atoms with Crippen LogP contribution in [0, 0.1) is 5.92 Å². The third-order valence-electron chi connectivity index (χ3n) is 4.80. The van der Waals surface area contributed by atoms with Gasteiger partial charge in [0.25, 0.3) is 5.91 Å². The molecular formula is C22H18ClN3O4. The summed E-state index contributed by atoms with van der Waals surface area (Å²) in [6.45, 7) is 0.288. The molecule has 0 radical (unpaired) electrons. The number of rotatable bonds is 5. The first kappa shape index (κ1) is 19.7. The fourth-order valence-electron chi connectivity index (χ4n) is 3.30. The average Bonchev–Trinajstić information content (AvgIpc) is 3.41. The Balaban J connectivity index is 1.48. The zero-order valence-electron chi connectivity index (χ0n) is 15.8. The molecule has 1 unspecified atom stereocenters. The third kappa shape index (κ3) is 4.21. The van der Waals surface area contributed by atoms with Crippen LogP contribution in [0.1, 0.15) is 17.0 Å². The smallest absolute Gasteiger partial charge is 0.291 e. The molecule has 7 nitrogen and oxygen atoms in total. The second-order valence-corrected chi connectivity index (χ2v) is 7.29. The molecule has 1 aromatic heterocycles. The monoisotopic (exact) mass is 423 g/mol. The van der Waals surface area contributed by atoms with Gasteiger partial charge in [-0.05, 0) is 42.5 Å². The molecule has 8 heteroatoms. The van der Waals surface area contributed by atoms with Gasteiger partial charge in [-0.2, -0.15) is 0 Å². The zero-order chi connectivity index (χ0) is 21.1. The Kier molecular flexibility index (Phi) is 5.54. The first-order valence-electron chi connectivity index (χ1n) is 9.32. The third-order valence-corrected chi connectivity index (χ3v) is 5.03. The number of carbonyl (C=O) groups is 3. The molecule has 2 aromatic carbocycles. The molecule has 0 saturated carbocycles. The van der Waals surface area contributed by atoms with E-state index in [2.05, 4.69) is 10.6 Å². The molecule has 1 fully saturated rings. The van der Waals surface area contributed by atoms with E-state index < -0.39 is 11.8 Å². The molecular weight excluding hydrogens is 406 g/mol. The molecule has 2 heterocycles. The van der Waals surface area contributed by atoms with Crippen LogP contribution in [0.2, 0.25) is 5.02 Å². The highest BCUT2D eigenvalue weighted by molar-refractivity contribution is 6.31. The number of amides is 3. The number of hydrogen-bond donors (Lipinski definition) is 2. The molecule has 152 valence electrons. The molecule has 0 bridgehead atoms. The van der Waals surface area contributed by atoms with Gasteiger partial charge in [-0.15, -0.1) is 0 Å². The van der Waals surface area contributed by atoms with Gasteiger partial charge in [0, 0.05) is 23.7 Å². The Labute approximate surface area is 177 Å². The zero-order valence-corrected chi connectivity index (χ0v) is 16.6. The number of anilines is 3. The van der Waals surface area contributed by atoms with Crippen molar-refractivity contribution in [3.05, 3.63) is 77.7 Å². The normalized spacial score (nSPS) is 15.8. The maximum absolute atomic E-state index is 12.8. The van der Waals surface area contributed by atoms with E-state index in [1.807, 2.05) is 30.3 Å². The summed E-state index contributed by atoms with van der Waals surface area (Å²) in [6, 6.07) is 17.1. The Morgan fingerprint density at radius 1 is 1.00 bits per heavy atom. The lowest BCUT2D eigenvalue weighted by molar-refractivity contribution is -0.122. The number of nitrogens with one attached hydrogen (secondary N) is 2. The number of halogens is 1. The molecule has 0 spiro atoms. The van der Waals surface area contributed by atoms with Crippen molar-refractivity contribution in [2.45, 2.75) is 6.42 Å². The Hall–Kier alpha value is -3.58. The number of nitrogens with zero attached hydrogens (tertiary/aromatic N) is 1. The summed E-state index contributed by atoms with van der Waals surface area (Å²) in [5.41, 5.74) is 1.48. The lowest BCUT2D eigenvalue weighted by Gasteiger charge is -2.17. The maximum atomic E-state index is 12.8. The number of benzene rings is 2. The summed E-state index contributed by atoms with van der Waals surface area (Å²) in [7, 11) is 0. The van der Waals surface area contributed by atoms with Gasteiger partial charge in [-0.25, -0.2) is 0 Å². The quantitative estimate of drug-likeness (QED) is 0.644. The Morgan fingerprint density at radius 3 is 2.53 bits per heavy atom. The van der Waals surface area contributed by atoms with Crippen LogP contribution in [-0.2, 0) is 9.59 Å². The summed E-state index contributed by atoms with van der Waals surface area (Å²) >= 11 is 6.06. The lowest BCUT2D eigenvalue weighted by atomic mass is 10.1. The van der Waals surface area contributed by atoms with Crippen LogP contribution >= 0.6 is 11.6 Å². The number of hydrogen-bond acceptors (Lipinski definition) is 4. The maximum Gasteiger partial charge on any atom is 0.291 e. The highest BCUT2D eigenvalue weighted by atomic mass is 35.5. The first-order chi connectivity index (χ1) is 14.5. The predicted molar refractivity (Wildman–Crippen MR) is 114 cm³/mol. The number of furan rings is 1. The number of para-hydroxylation sites is 1. The van der Waals surface area contributed by atoms with Crippen molar-refractivity contribution in [1.29, 1.82) is 0 Å². The molecule has 1 aliphatic rings. The van der Waals surface area contributed by atoms with Crippen molar-refractivity contribution in [3.8, 4) is 0 Å². The minimum absolute atomic E-state index is 0.108. The van der Waals surface area contributed by atoms with Crippen molar-refractivity contribution in [2.75, 3.05) is 22.1 Å². The molecule has 3 aromatic rings. The van der Waals surface area contributed by atoms with Crippen LogP contribution < -0.4 is 15.5 Å². The second kappa shape index (κ2) is 8.42. The second-order valence-electron chi connectivity index (χ2n) is 6.85. The van der Waals surface area contributed by atoms with Gasteiger partial charge < -0.3 is 20.0 Å². The van der Waals surface area contributed by atoms with Gasteiger partial charge >= 0.3 is 0 Å². The van der Waals surface area contributed by atoms with E-state index in [-0.39, 0.29) is 30.5 Å². The van der Waals surface area contributed by atoms with E-state index in [1.165, 1.54) is 18.4 Å².